The molecule has 4 nitrogen and oxygen atoms in total. The summed E-state index contributed by atoms with van der Waals surface area (Å²) in [7, 11) is 0. The zero-order chi connectivity index (χ0) is 6.57. The van der Waals surface area contributed by atoms with Crippen molar-refractivity contribution in [2.45, 2.75) is 0 Å². The summed E-state index contributed by atoms with van der Waals surface area (Å²) in [5.41, 5.74) is 0. The third-order valence-corrected chi connectivity index (χ3v) is 0.331. The standard InChI is InChI=1S/C2F2N2O2/c3-1(5-7)2(4)6-8/b2-1+. The van der Waals surface area contributed by atoms with E-state index in [-0.39, 0.29) is 0 Å². The molecule has 6 heteroatoms. The van der Waals surface area contributed by atoms with Gasteiger partial charge >= 0.3 is 11.9 Å². The van der Waals surface area contributed by atoms with Gasteiger partial charge in [0.25, 0.3) is 0 Å². The van der Waals surface area contributed by atoms with E-state index in [1.165, 1.54) is 10.4 Å². The number of hydrogen-bond acceptors (Lipinski definition) is 4. The van der Waals surface area contributed by atoms with Crippen LogP contribution in [0.3, 0.4) is 0 Å². The molecule has 8 heavy (non-hydrogen) atoms. The van der Waals surface area contributed by atoms with E-state index in [2.05, 4.69) is 0 Å². The van der Waals surface area contributed by atoms with Crippen molar-refractivity contribution in [3.63, 3.8) is 0 Å². The number of rotatable bonds is 2. The maximum absolute atomic E-state index is 11.3. The number of halogens is 2. The van der Waals surface area contributed by atoms with Crippen molar-refractivity contribution in [3.05, 3.63) is 21.7 Å². The Morgan fingerprint density at radius 3 is 1.38 bits per heavy atom. The molecule has 0 bridgehead atoms. The molecule has 0 N–H and O–H groups in total. The molecule has 0 amide bonds. The zero-order valence-electron chi connectivity index (χ0n) is 3.47. The largest absolute Gasteiger partial charge is 0.312 e. The Kier molecular flexibility index (Phi) is 2.46. The molecule has 0 aromatic carbocycles. The van der Waals surface area contributed by atoms with Gasteiger partial charge in [-0.2, -0.15) is 8.78 Å². The number of hydrogen-bond donors (Lipinski definition) is 0. The predicted octanol–water partition coefficient (Wildman–Crippen LogP) is 1.58. The quantitative estimate of drug-likeness (QED) is 0.412. The van der Waals surface area contributed by atoms with Crippen molar-refractivity contribution < 1.29 is 8.78 Å². The summed E-state index contributed by atoms with van der Waals surface area (Å²) in [6.45, 7) is 0. The lowest BCUT2D eigenvalue weighted by atomic mass is 10.9. The highest BCUT2D eigenvalue weighted by Crippen LogP contribution is 2.08. The van der Waals surface area contributed by atoms with Gasteiger partial charge in [0.15, 0.2) is 0 Å². The smallest absolute Gasteiger partial charge is 0.176 e. The molecule has 0 aliphatic carbocycles. The van der Waals surface area contributed by atoms with Crippen LogP contribution < -0.4 is 0 Å². The monoisotopic (exact) mass is 122 g/mol. The van der Waals surface area contributed by atoms with Gasteiger partial charge in [-0.15, -0.1) is 9.81 Å². The van der Waals surface area contributed by atoms with Crippen LogP contribution in [0.15, 0.2) is 22.3 Å². The molecular formula is C2F2N2O2. The first-order valence-corrected chi connectivity index (χ1v) is 1.44. The van der Waals surface area contributed by atoms with E-state index in [9.17, 15) is 8.78 Å². The molecule has 0 saturated carbocycles. The van der Waals surface area contributed by atoms with Crippen LogP contribution in [-0.4, -0.2) is 0 Å². The average Bonchev–Trinajstić information content (AvgIpc) is 1.84. The first-order valence-electron chi connectivity index (χ1n) is 1.44. The highest BCUT2D eigenvalue weighted by molar-refractivity contribution is 4.94. The van der Waals surface area contributed by atoms with Crippen LogP contribution in [0.1, 0.15) is 0 Å². The van der Waals surface area contributed by atoms with E-state index < -0.39 is 11.9 Å². The normalized spacial score (nSPS) is 12.2. The van der Waals surface area contributed by atoms with Crippen molar-refractivity contribution in [1.29, 1.82) is 0 Å². The molecule has 0 aromatic rings. The second-order valence-corrected chi connectivity index (χ2v) is 0.764. The SMILES string of the molecule is O=N/C(F)=C(\F)N=O. The summed E-state index contributed by atoms with van der Waals surface area (Å²) in [5.74, 6) is -4.06. The van der Waals surface area contributed by atoms with Gasteiger partial charge in [0.2, 0.25) is 0 Å². The van der Waals surface area contributed by atoms with Crippen molar-refractivity contribution in [3.8, 4) is 0 Å². The molecule has 0 aromatic heterocycles. The van der Waals surface area contributed by atoms with E-state index in [1.54, 1.807) is 0 Å². The molecule has 0 radical (unpaired) electrons. The molecule has 0 atom stereocenters. The van der Waals surface area contributed by atoms with Crippen LogP contribution in [0, 0.1) is 9.81 Å². The molecule has 0 unspecified atom stereocenters. The Morgan fingerprint density at radius 1 is 1.00 bits per heavy atom. The lowest BCUT2D eigenvalue weighted by Crippen LogP contribution is -1.67. The van der Waals surface area contributed by atoms with Crippen molar-refractivity contribution >= 4 is 0 Å². The van der Waals surface area contributed by atoms with Crippen LogP contribution in [-0.2, 0) is 0 Å². The Labute approximate surface area is 42.1 Å². The summed E-state index contributed by atoms with van der Waals surface area (Å²) in [6.07, 6.45) is 0. The van der Waals surface area contributed by atoms with E-state index in [4.69, 9.17) is 9.81 Å². The second kappa shape index (κ2) is 2.89. The Bertz CT molecular complexity index is 127. The van der Waals surface area contributed by atoms with Crippen molar-refractivity contribution in [1.82, 2.24) is 0 Å². The fourth-order valence-electron chi connectivity index (χ4n) is 0.0753. The first-order chi connectivity index (χ1) is 3.72. The summed E-state index contributed by atoms with van der Waals surface area (Å²) >= 11 is 0. The lowest BCUT2D eigenvalue weighted by Gasteiger charge is -1.73. The second-order valence-electron chi connectivity index (χ2n) is 0.764. The van der Waals surface area contributed by atoms with Crippen LogP contribution in [0.25, 0.3) is 0 Å². The third-order valence-electron chi connectivity index (χ3n) is 0.331. The first kappa shape index (κ1) is 6.80. The minimum absolute atomic E-state index is 1.45. The topological polar surface area (TPSA) is 58.9 Å². The van der Waals surface area contributed by atoms with Crippen molar-refractivity contribution in [2.75, 3.05) is 0 Å². The highest BCUT2D eigenvalue weighted by Gasteiger charge is 2.03. The highest BCUT2D eigenvalue weighted by atomic mass is 19.2. The van der Waals surface area contributed by atoms with Crippen LogP contribution in [0.5, 0.6) is 0 Å². The van der Waals surface area contributed by atoms with Gasteiger partial charge in [-0.1, -0.05) is 0 Å². The molecule has 0 spiro atoms. The van der Waals surface area contributed by atoms with Gasteiger partial charge in [0, 0.05) is 10.4 Å². The summed E-state index contributed by atoms with van der Waals surface area (Å²) in [5, 5.41) is 2.91. The van der Waals surface area contributed by atoms with Gasteiger partial charge in [-0.25, -0.2) is 0 Å². The zero-order valence-corrected chi connectivity index (χ0v) is 3.47. The predicted molar refractivity (Wildman–Crippen MR) is 20.8 cm³/mol. The fourth-order valence-corrected chi connectivity index (χ4v) is 0.0753. The maximum Gasteiger partial charge on any atom is 0.312 e. The van der Waals surface area contributed by atoms with Crippen LogP contribution in [0.2, 0.25) is 0 Å². The van der Waals surface area contributed by atoms with Crippen LogP contribution in [0.4, 0.5) is 8.78 Å². The molecule has 0 saturated heterocycles. The summed E-state index contributed by atoms with van der Waals surface area (Å²) in [4.78, 5) is 18.0. The minimum atomic E-state index is -2.03. The van der Waals surface area contributed by atoms with E-state index in [0.29, 0.717) is 0 Å². The Balaban J connectivity index is 4.25. The Morgan fingerprint density at radius 2 is 1.25 bits per heavy atom. The number of nitrogens with zero attached hydrogens (tertiary/aromatic N) is 2. The number of nitroso groups, excluding NO2 is 2. The molecule has 0 aliphatic heterocycles. The minimum Gasteiger partial charge on any atom is -0.176 e. The van der Waals surface area contributed by atoms with Crippen LogP contribution >= 0.6 is 0 Å². The summed E-state index contributed by atoms with van der Waals surface area (Å²) in [6, 6.07) is 0. The van der Waals surface area contributed by atoms with Gasteiger partial charge in [-0.3, -0.25) is 0 Å². The molecule has 0 fully saturated rings. The van der Waals surface area contributed by atoms with Gasteiger partial charge in [-0.05, 0) is 0 Å². The van der Waals surface area contributed by atoms with Crippen molar-refractivity contribution in [2.24, 2.45) is 10.4 Å². The van der Waals surface area contributed by atoms with Gasteiger partial charge in [0.1, 0.15) is 0 Å². The molecule has 44 valence electrons. The average molecular weight is 122 g/mol. The lowest BCUT2D eigenvalue weighted by molar-refractivity contribution is 0.522. The third kappa shape index (κ3) is 1.50. The van der Waals surface area contributed by atoms with Gasteiger partial charge < -0.3 is 0 Å². The summed E-state index contributed by atoms with van der Waals surface area (Å²) < 4.78 is 22.5. The fraction of sp³-hybridized carbons (Fsp3) is 0. The van der Waals surface area contributed by atoms with E-state index >= 15 is 0 Å². The maximum atomic E-state index is 11.3. The van der Waals surface area contributed by atoms with Gasteiger partial charge in [0.05, 0.1) is 0 Å². The molecule has 0 rings (SSSR count). The Hall–Kier alpha value is -1.20. The van der Waals surface area contributed by atoms with E-state index in [0.717, 1.165) is 0 Å². The van der Waals surface area contributed by atoms with E-state index in [1.807, 2.05) is 0 Å². The molecule has 0 heterocycles. The molecular weight excluding hydrogens is 122 g/mol. The molecule has 0 aliphatic rings.